The molecule has 6 heteroatoms. The molecule has 0 aromatic heterocycles. The molecule has 0 aromatic carbocycles. The molecule has 2 rings (SSSR count). The zero-order valence-corrected chi connectivity index (χ0v) is 11.8. The van der Waals surface area contributed by atoms with Crippen LogP contribution in [0.25, 0.3) is 0 Å². The van der Waals surface area contributed by atoms with E-state index in [2.05, 4.69) is 31.9 Å². The van der Waals surface area contributed by atoms with E-state index in [-0.39, 0.29) is 21.5 Å². The van der Waals surface area contributed by atoms with Crippen molar-refractivity contribution in [2.75, 3.05) is 7.11 Å². The van der Waals surface area contributed by atoms with E-state index in [1.165, 1.54) is 7.11 Å². The van der Waals surface area contributed by atoms with Gasteiger partial charge in [-0.1, -0.05) is 31.9 Å². The summed E-state index contributed by atoms with van der Waals surface area (Å²) in [6.07, 6.45) is 0.766. The second-order valence-electron chi connectivity index (χ2n) is 4.37. The number of carbonyl (C=O) groups is 2. The molecule has 0 spiro atoms. The highest BCUT2D eigenvalue weighted by Gasteiger charge is 2.61. The number of alkyl halides is 2. The van der Waals surface area contributed by atoms with Crippen molar-refractivity contribution in [3.63, 3.8) is 0 Å². The van der Waals surface area contributed by atoms with Gasteiger partial charge in [-0.05, 0) is 18.3 Å². The van der Waals surface area contributed by atoms with Crippen molar-refractivity contribution in [1.82, 2.24) is 0 Å². The van der Waals surface area contributed by atoms with E-state index in [1.807, 2.05) is 0 Å². The molecule has 0 radical (unpaired) electrons. The Kier molecular flexibility index (Phi) is 3.32. The van der Waals surface area contributed by atoms with Gasteiger partial charge < -0.3 is 9.84 Å². The van der Waals surface area contributed by atoms with Crippen LogP contribution in [0.2, 0.25) is 0 Å². The second kappa shape index (κ2) is 4.29. The average Bonchev–Trinajstić information content (AvgIpc) is 2.76. The molecule has 0 aliphatic heterocycles. The fourth-order valence-electron chi connectivity index (χ4n) is 3.06. The van der Waals surface area contributed by atoms with Crippen LogP contribution in [0, 0.1) is 23.7 Å². The standard InChI is InChI=1S/C10H12Br2O4/c1-16-10(15)6-4-2-3(5(6)9(13)14)7(11)8(4)12/h3-8H,2H2,1H3,(H,13,14)/t3-,4-,5-,6+,7-,8+/m0/s1. The zero-order chi connectivity index (χ0) is 12.0. The largest absolute Gasteiger partial charge is 0.481 e. The molecule has 0 unspecified atom stereocenters. The highest BCUT2D eigenvalue weighted by molar-refractivity contribution is 9.12. The summed E-state index contributed by atoms with van der Waals surface area (Å²) in [4.78, 5) is 23.2. The summed E-state index contributed by atoms with van der Waals surface area (Å²) in [5.41, 5.74) is 0. The Morgan fingerprint density at radius 3 is 2.12 bits per heavy atom. The summed E-state index contributed by atoms with van der Waals surface area (Å²) < 4.78 is 4.71. The van der Waals surface area contributed by atoms with Crippen LogP contribution in [0.5, 0.6) is 0 Å². The van der Waals surface area contributed by atoms with Crippen LogP contribution in [0.15, 0.2) is 0 Å². The van der Waals surface area contributed by atoms with Crippen LogP contribution in [-0.2, 0) is 14.3 Å². The smallest absolute Gasteiger partial charge is 0.309 e. The normalized spacial score (nSPS) is 45.7. The van der Waals surface area contributed by atoms with Gasteiger partial charge in [0.05, 0.1) is 18.9 Å². The average molecular weight is 356 g/mol. The molecular formula is C10H12Br2O4. The van der Waals surface area contributed by atoms with Gasteiger partial charge in [0.15, 0.2) is 0 Å². The lowest BCUT2D eigenvalue weighted by Gasteiger charge is -2.32. The van der Waals surface area contributed by atoms with Gasteiger partial charge in [-0.25, -0.2) is 0 Å². The van der Waals surface area contributed by atoms with Crippen molar-refractivity contribution in [2.24, 2.45) is 23.7 Å². The molecule has 1 N–H and O–H groups in total. The number of esters is 1. The van der Waals surface area contributed by atoms with Gasteiger partial charge in [0, 0.05) is 9.65 Å². The van der Waals surface area contributed by atoms with Gasteiger partial charge in [-0.2, -0.15) is 0 Å². The third-order valence-electron chi connectivity index (χ3n) is 3.73. The van der Waals surface area contributed by atoms with Crippen molar-refractivity contribution in [3.8, 4) is 0 Å². The topological polar surface area (TPSA) is 63.6 Å². The number of hydrogen-bond donors (Lipinski definition) is 1. The number of halogens is 2. The van der Waals surface area contributed by atoms with E-state index in [0.29, 0.717) is 0 Å². The molecule has 4 nitrogen and oxygen atoms in total. The van der Waals surface area contributed by atoms with E-state index >= 15 is 0 Å². The predicted molar refractivity (Wildman–Crippen MR) is 63.7 cm³/mol. The molecule has 6 atom stereocenters. The van der Waals surface area contributed by atoms with Gasteiger partial charge in [0.2, 0.25) is 0 Å². The number of fused-ring (bicyclic) bond motifs is 2. The van der Waals surface area contributed by atoms with E-state index in [4.69, 9.17) is 4.74 Å². The second-order valence-corrected chi connectivity index (χ2v) is 6.48. The summed E-state index contributed by atoms with van der Waals surface area (Å²) >= 11 is 7.03. The summed E-state index contributed by atoms with van der Waals surface area (Å²) in [5, 5.41) is 9.21. The summed E-state index contributed by atoms with van der Waals surface area (Å²) in [7, 11) is 1.31. The van der Waals surface area contributed by atoms with E-state index in [9.17, 15) is 14.7 Å². The van der Waals surface area contributed by atoms with Crippen LogP contribution < -0.4 is 0 Å². The molecule has 0 saturated heterocycles. The Labute approximate surface area is 110 Å². The number of carboxylic acid groups (broad SMARTS) is 1. The lowest BCUT2D eigenvalue weighted by Crippen LogP contribution is -2.43. The molecule has 0 amide bonds. The molecule has 16 heavy (non-hydrogen) atoms. The van der Waals surface area contributed by atoms with Crippen LogP contribution in [0.3, 0.4) is 0 Å². The molecule has 2 bridgehead atoms. The first kappa shape index (κ1) is 12.4. The number of carboxylic acids is 1. The summed E-state index contributed by atoms with van der Waals surface area (Å²) in [6, 6.07) is 0. The number of methoxy groups -OCH3 is 1. The van der Waals surface area contributed by atoms with Crippen molar-refractivity contribution < 1.29 is 19.4 Å². The Morgan fingerprint density at radius 2 is 1.69 bits per heavy atom. The first-order valence-corrected chi connectivity index (χ1v) is 6.91. The maximum absolute atomic E-state index is 11.6. The Hall–Kier alpha value is -0.100. The number of rotatable bonds is 2. The Balaban J connectivity index is 2.30. The molecule has 2 saturated carbocycles. The highest BCUT2D eigenvalue weighted by Crippen LogP contribution is 2.57. The number of ether oxygens (including phenoxy) is 1. The molecule has 0 heterocycles. The number of carbonyl (C=O) groups excluding carboxylic acids is 1. The third-order valence-corrected chi connectivity index (χ3v) is 6.94. The minimum absolute atomic E-state index is 0.0102. The van der Waals surface area contributed by atoms with Gasteiger partial charge in [-0.3, -0.25) is 9.59 Å². The van der Waals surface area contributed by atoms with Gasteiger partial charge >= 0.3 is 11.9 Å². The van der Waals surface area contributed by atoms with Gasteiger partial charge in [-0.15, -0.1) is 0 Å². The molecule has 2 aliphatic rings. The quantitative estimate of drug-likeness (QED) is 0.604. The summed E-state index contributed by atoms with van der Waals surface area (Å²) in [5.74, 6) is -2.35. The number of aliphatic carboxylic acids is 1. The Bertz CT molecular complexity index is 333. The fraction of sp³-hybridized carbons (Fsp3) is 0.800. The lowest BCUT2D eigenvalue weighted by molar-refractivity contribution is -0.157. The minimum Gasteiger partial charge on any atom is -0.481 e. The number of hydrogen-bond acceptors (Lipinski definition) is 3. The lowest BCUT2D eigenvalue weighted by atomic mass is 9.79. The molecular weight excluding hydrogens is 344 g/mol. The van der Waals surface area contributed by atoms with Crippen LogP contribution in [0.4, 0.5) is 0 Å². The van der Waals surface area contributed by atoms with Gasteiger partial charge in [0.1, 0.15) is 0 Å². The summed E-state index contributed by atoms with van der Waals surface area (Å²) in [6.45, 7) is 0. The fourth-order valence-corrected chi connectivity index (χ4v) is 4.94. The van der Waals surface area contributed by atoms with Crippen molar-refractivity contribution in [3.05, 3.63) is 0 Å². The minimum atomic E-state index is -0.897. The van der Waals surface area contributed by atoms with Crippen LogP contribution in [-0.4, -0.2) is 33.8 Å². The molecule has 2 fully saturated rings. The van der Waals surface area contributed by atoms with Crippen LogP contribution >= 0.6 is 31.9 Å². The monoisotopic (exact) mass is 354 g/mol. The first-order chi connectivity index (χ1) is 7.49. The highest BCUT2D eigenvalue weighted by atomic mass is 79.9. The van der Waals surface area contributed by atoms with E-state index < -0.39 is 23.8 Å². The maximum Gasteiger partial charge on any atom is 0.309 e. The zero-order valence-electron chi connectivity index (χ0n) is 8.60. The Morgan fingerprint density at radius 1 is 1.19 bits per heavy atom. The molecule has 90 valence electrons. The predicted octanol–water partition coefficient (Wildman–Crippen LogP) is 1.65. The first-order valence-electron chi connectivity index (χ1n) is 5.07. The third kappa shape index (κ3) is 1.61. The molecule has 2 aliphatic carbocycles. The van der Waals surface area contributed by atoms with Crippen LogP contribution in [0.1, 0.15) is 6.42 Å². The van der Waals surface area contributed by atoms with Crippen molar-refractivity contribution >= 4 is 43.8 Å². The van der Waals surface area contributed by atoms with Crippen molar-refractivity contribution in [1.29, 1.82) is 0 Å². The van der Waals surface area contributed by atoms with E-state index in [0.717, 1.165) is 6.42 Å². The molecule has 0 aromatic rings. The van der Waals surface area contributed by atoms with Gasteiger partial charge in [0.25, 0.3) is 0 Å². The SMILES string of the molecule is COC(=O)[C@@H]1[C@@H]2C[C@H]([C@H](Br)[C@@H]2Br)[C@@H]1C(=O)O. The van der Waals surface area contributed by atoms with Crippen molar-refractivity contribution in [2.45, 2.75) is 16.1 Å². The van der Waals surface area contributed by atoms with E-state index in [1.54, 1.807) is 0 Å². The maximum atomic E-state index is 11.6.